The number of allylic oxidation sites excluding steroid dienone is 3. The van der Waals surface area contributed by atoms with Gasteiger partial charge < -0.3 is 9.84 Å². The molecule has 0 aromatic heterocycles. The fraction of sp³-hybridized carbons (Fsp3) is 0.429. The highest BCUT2D eigenvalue weighted by molar-refractivity contribution is 6.23. The second-order valence-electron chi connectivity index (χ2n) is 4.63. The van der Waals surface area contributed by atoms with Gasteiger partial charge in [0.15, 0.2) is 17.3 Å². The SMILES string of the molecule is CC(=O)OC(C)C1C(=O)C(C(C)=O)=CC(C(C)=O)=C1O. The fourth-order valence-corrected chi connectivity index (χ4v) is 2.07. The van der Waals surface area contributed by atoms with Crippen molar-refractivity contribution in [3.8, 4) is 0 Å². The van der Waals surface area contributed by atoms with Gasteiger partial charge in [0.25, 0.3) is 0 Å². The van der Waals surface area contributed by atoms with Crippen LogP contribution in [-0.4, -0.2) is 34.5 Å². The fourth-order valence-electron chi connectivity index (χ4n) is 2.07. The molecule has 0 heterocycles. The third kappa shape index (κ3) is 3.01. The minimum absolute atomic E-state index is 0.112. The van der Waals surface area contributed by atoms with Gasteiger partial charge in [0, 0.05) is 6.92 Å². The maximum atomic E-state index is 12.2. The topological polar surface area (TPSA) is 97.7 Å². The lowest BCUT2D eigenvalue weighted by molar-refractivity contribution is -0.149. The molecule has 0 radical (unpaired) electrons. The molecule has 2 atom stereocenters. The summed E-state index contributed by atoms with van der Waals surface area (Å²) >= 11 is 0. The number of ketones is 3. The van der Waals surface area contributed by atoms with E-state index in [-0.39, 0.29) is 11.1 Å². The Kier molecular flexibility index (Phi) is 4.60. The van der Waals surface area contributed by atoms with E-state index in [1.54, 1.807) is 0 Å². The van der Waals surface area contributed by atoms with Crippen LogP contribution in [0.15, 0.2) is 23.0 Å². The number of carbonyl (C=O) groups is 4. The molecule has 0 aliphatic heterocycles. The molecule has 0 aromatic carbocycles. The zero-order chi connectivity index (χ0) is 15.6. The van der Waals surface area contributed by atoms with Crippen molar-refractivity contribution in [1.82, 2.24) is 0 Å². The van der Waals surface area contributed by atoms with Crippen molar-refractivity contribution in [1.29, 1.82) is 0 Å². The van der Waals surface area contributed by atoms with Crippen molar-refractivity contribution in [3.05, 3.63) is 23.0 Å². The van der Waals surface area contributed by atoms with Gasteiger partial charge in [-0.05, 0) is 26.8 Å². The van der Waals surface area contributed by atoms with E-state index in [9.17, 15) is 24.3 Å². The predicted octanol–water partition coefficient (Wildman–Crippen LogP) is 1.05. The van der Waals surface area contributed by atoms with Gasteiger partial charge >= 0.3 is 5.97 Å². The summed E-state index contributed by atoms with van der Waals surface area (Å²) in [6, 6.07) is 0. The lowest BCUT2D eigenvalue weighted by atomic mass is 9.82. The highest BCUT2D eigenvalue weighted by atomic mass is 16.5. The second kappa shape index (κ2) is 5.81. The minimum atomic E-state index is -1.23. The summed E-state index contributed by atoms with van der Waals surface area (Å²) in [5, 5.41) is 10.0. The number of carbonyl (C=O) groups excluding carboxylic acids is 4. The summed E-state index contributed by atoms with van der Waals surface area (Å²) in [7, 11) is 0. The van der Waals surface area contributed by atoms with Crippen molar-refractivity contribution >= 4 is 23.3 Å². The van der Waals surface area contributed by atoms with Crippen LogP contribution >= 0.6 is 0 Å². The van der Waals surface area contributed by atoms with Crippen LogP contribution in [0.2, 0.25) is 0 Å². The number of hydrogen-bond donors (Lipinski definition) is 1. The monoisotopic (exact) mass is 280 g/mol. The molecule has 6 nitrogen and oxygen atoms in total. The molecule has 1 N–H and O–H groups in total. The maximum Gasteiger partial charge on any atom is 0.302 e. The molecule has 0 spiro atoms. The number of aliphatic hydroxyl groups excluding tert-OH is 1. The Morgan fingerprint density at radius 1 is 1.20 bits per heavy atom. The molecule has 108 valence electrons. The molecule has 0 aromatic rings. The van der Waals surface area contributed by atoms with Crippen LogP contribution in [0.3, 0.4) is 0 Å². The van der Waals surface area contributed by atoms with E-state index in [0.29, 0.717) is 0 Å². The lowest BCUT2D eigenvalue weighted by Crippen LogP contribution is -2.37. The average molecular weight is 280 g/mol. The van der Waals surface area contributed by atoms with Gasteiger partial charge in [0.1, 0.15) is 17.8 Å². The Balaban J connectivity index is 3.33. The summed E-state index contributed by atoms with van der Waals surface area (Å²) in [6.45, 7) is 4.99. The largest absolute Gasteiger partial charge is 0.511 e. The van der Waals surface area contributed by atoms with Crippen LogP contribution in [0.1, 0.15) is 27.7 Å². The van der Waals surface area contributed by atoms with Gasteiger partial charge in [0.2, 0.25) is 0 Å². The van der Waals surface area contributed by atoms with Gasteiger partial charge in [-0.3, -0.25) is 19.2 Å². The van der Waals surface area contributed by atoms with Crippen molar-refractivity contribution in [2.24, 2.45) is 5.92 Å². The molecule has 2 unspecified atom stereocenters. The first-order valence-corrected chi connectivity index (χ1v) is 6.05. The van der Waals surface area contributed by atoms with Crippen LogP contribution < -0.4 is 0 Å². The number of hydrogen-bond acceptors (Lipinski definition) is 6. The molecule has 0 bridgehead atoms. The smallest absolute Gasteiger partial charge is 0.302 e. The number of Topliss-reactive ketones (excluding diaryl/α,β-unsaturated/α-hetero) is 3. The highest BCUT2D eigenvalue weighted by Gasteiger charge is 2.39. The number of aliphatic hydroxyl groups is 1. The predicted molar refractivity (Wildman–Crippen MR) is 68.8 cm³/mol. The number of ether oxygens (including phenoxy) is 1. The van der Waals surface area contributed by atoms with E-state index < -0.39 is 41.1 Å². The number of rotatable bonds is 4. The minimum Gasteiger partial charge on any atom is -0.511 e. The molecule has 1 aliphatic rings. The Labute approximate surface area is 116 Å². The van der Waals surface area contributed by atoms with Crippen LogP contribution in [0.25, 0.3) is 0 Å². The zero-order valence-corrected chi connectivity index (χ0v) is 11.7. The van der Waals surface area contributed by atoms with Crippen LogP contribution in [0, 0.1) is 5.92 Å². The molecule has 20 heavy (non-hydrogen) atoms. The van der Waals surface area contributed by atoms with E-state index in [2.05, 4.69) is 0 Å². The van der Waals surface area contributed by atoms with E-state index in [0.717, 1.165) is 13.0 Å². The standard InChI is InChI=1S/C14H16O6/c1-6(15)10-5-11(7(2)16)14(19)12(13(10)18)8(3)20-9(4)17/h5,8,12,18H,1-4H3. The Morgan fingerprint density at radius 2 is 1.75 bits per heavy atom. The molecule has 1 aliphatic carbocycles. The van der Waals surface area contributed by atoms with Gasteiger partial charge in [-0.2, -0.15) is 0 Å². The van der Waals surface area contributed by atoms with E-state index in [4.69, 9.17) is 4.74 Å². The molecular formula is C14H16O6. The van der Waals surface area contributed by atoms with Crippen molar-refractivity contribution < 1.29 is 29.0 Å². The highest BCUT2D eigenvalue weighted by Crippen LogP contribution is 2.30. The summed E-state index contributed by atoms with van der Waals surface area (Å²) in [5.74, 6) is -3.98. The molecule has 0 saturated heterocycles. The molecule has 1 rings (SSSR count). The first-order valence-electron chi connectivity index (χ1n) is 6.05. The summed E-state index contributed by atoms with van der Waals surface area (Å²) in [6.07, 6.45) is 0.108. The molecular weight excluding hydrogens is 264 g/mol. The van der Waals surface area contributed by atoms with E-state index >= 15 is 0 Å². The molecule has 0 fully saturated rings. The average Bonchev–Trinajstić information content (AvgIpc) is 2.26. The first kappa shape index (κ1) is 15.8. The van der Waals surface area contributed by atoms with Gasteiger partial charge in [-0.1, -0.05) is 0 Å². The van der Waals surface area contributed by atoms with E-state index in [1.807, 2.05) is 0 Å². The van der Waals surface area contributed by atoms with Crippen LogP contribution in [0.4, 0.5) is 0 Å². The third-order valence-corrected chi connectivity index (χ3v) is 2.99. The zero-order valence-electron chi connectivity index (χ0n) is 11.7. The molecule has 0 saturated carbocycles. The maximum absolute atomic E-state index is 12.2. The van der Waals surface area contributed by atoms with Crippen LogP contribution in [-0.2, 0) is 23.9 Å². The summed E-state index contributed by atoms with van der Waals surface area (Å²) in [5.41, 5.74) is -0.296. The summed E-state index contributed by atoms with van der Waals surface area (Å²) in [4.78, 5) is 46.1. The Morgan fingerprint density at radius 3 is 2.15 bits per heavy atom. The van der Waals surface area contributed by atoms with Gasteiger partial charge in [-0.15, -0.1) is 0 Å². The van der Waals surface area contributed by atoms with Crippen molar-refractivity contribution in [2.45, 2.75) is 33.8 Å². The van der Waals surface area contributed by atoms with Gasteiger partial charge in [-0.25, -0.2) is 0 Å². The van der Waals surface area contributed by atoms with Gasteiger partial charge in [0.05, 0.1) is 11.1 Å². The Hall–Kier alpha value is -2.24. The van der Waals surface area contributed by atoms with E-state index in [1.165, 1.54) is 20.8 Å². The Bertz CT molecular complexity index is 552. The number of esters is 1. The molecule has 6 heteroatoms. The quantitative estimate of drug-likeness (QED) is 0.610. The van der Waals surface area contributed by atoms with Crippen LogP contribution in [0.5, 0.6) is 0 Å². The third-order valence-electron chi connectivity index (χ3n) is 2.99. The summed E-state index contributed by atoms with van der Waals surface area (Å²) < 4.78 is 4.88. The van der Waals surface area contributed by atoms with Crippen molar-refractivity contribution in [3.63, 3.8) is 0 Å². The normalized spacial score (nSPS) is 20.3. The first-order chi connectivity index (χ1) is 9.16. The second-order valence-corrected chi connectivity index (χ2v) is 4.63. The van der Waals surface area contributed by atoms with Crippen molar-refractivity contribution in [2.75, 3.05) is 0 Å². The molecule has 0 amide bonds. The lowest BCUT2D eigenvalue weighted by Gasteiger charge is -2.26.